The molecule has 3 amide bonds. The van der Waals surface area contributed by atoms with E-state index in [1.54, 1.807) is 0 Å². The maximum Gasteiger partial charge on any atom is 0.312 e. The Morgan fingerprint density at radius 1 is 1.25 bits per heavy atom. The SMILES string of the molecule is Cc1sc(NC(=O)CCCCNC(N)=O)nc1-c1ccc(Br)cc1. The zero-order chi connectivity index (χ0) is 17.5. The van der Waals surface area contributed by atoms with E-state index in [9.17, 15) is 9.59 Å². The van der Waals surface area contributed by atoms with E-state index in [0.29, 0.717) is 30.9 Å². The number of nitrogens with two attached hydrogens (primary N) is 1. The van der Waals surface area contributed by atoms with E-state index in [1.165, 1.54) is 11.3 Å². The number of aryl methyl sites for hydroxylation is 1. The lowest BCUT2D eigenvalue weighted by molar-refractivity contribution is -0.116. The van der Waals surface area contributed by atoms with Crippen molar-refractivity contribution in [2.45, 2.75) is 26.2 Å². The first-order chi connectivity index (χ1) is 11.5. The molecule has 24 heavy (non-hydrogen) atoms. The van der Waals surface area contributed by atoms with Crippen molar-refractivity contribution in [1.82, 2.24) is 10.3 Å². The van der Waals surface area contributed by atoms with Crippen molar-refractivity contribution in [2.75, 3.05) is 11.9 Å². The summed E-state index contributed by atoms with van der Waals surface area (Å²) in [5, 5.41) is 5.93. The van der Waals surface area contributed by atoms with Gasteiger partial charge < -0.3 is 16.4 Å². The number of halogens is 1. The number of nitrogens with zero attached hydrogens (tertiary/aromatic N) is 1. The van der Waals surface area contributed by atoms with Crippen molar-refractivity contribution in [2.24, 2.45) is 5.73 Å². The first kappa shape index (κ1) is 18.4. The molecule has 0 aliphatic heterocycles. The van der Waals surface area contributed by atoms with Crippen LogP contribution in [0.4, 0.5) is 9.93 Å². The van der Waals surface area contributed by atoms with Crippen molar-refractivity contribution >= 4 is 44.3 Å². The molecule has 0 aliphatic rings. The molecule has 2 aromatic rings. The molecule has 128 valence electrons. The number of unbranched alkanes of at least 4 members (excludes halogenated alkanes) is 1. The molecule has 1 aromatic carbocycles. The lowest BCUT2D eigenvalue weighted by Crippen LogP contribution is -2.30. The number of benzene rings is 1. The Morgan fingerprint density at radius 2 is 1.96 bits per heavy atom. The predicted molar refractivity (Wildman–Crippen MR) is 100 cm³/mol. The molecule has 0 saturated heterocycles. The van der Waals surface area contributed by atoms with Gasteiger partial charge in [0.25, 0.3) is 0 Å². The second kappa shape index (κ2) is 8.79. The number of hydrogen-bond donors (Lipinski definition) is 3. The van der Waals surface area contributed by atoms with Crippen molar-refractivity contribution in [3.05, 3.63) is 33.6 Å². The number of nitrogens with one attached hydrogen (secondary N) is 2. The normalized spacial score (nSPS) is 10.4. The van der Waals surface area contributed by atoms with Crippen LogP contribution in [0.2, 0.25) is 0 Å². The number of thiazole rings is 1. The van der Waals surface area contributed by atoms with Crippen LogP contribution in [0, 0.1) is 6.92 Å². The summed E-state index contributed by atoms with van der Waals surface area (Å²) in [4.78, 5) is 28.0. The Morgan fingerprint density at radius 3 is 2.62 bits per heavy atom. The molecule has 0 aliphatic carbocycles. The van der Waals surface area contributed by atoms with Gasteiger partial charge in [-0.05, 0) is 31.9 Å². The molecule has 2 rings (SSSR count). The van der Waals surface area contributed by atoms with E-state index in [1.807, 2.05) is 31.2 Å². The van der Waals surface area contributed by atoms with Gasteiger partial charge >= 0.3 is 6.03 Å². The minimum atomic E-state index is -0.543. The average Bonchev–Trinajstić information content (AvgIpc) is 2.88. The molecule has 0 radical (unpaired) electrons. The number of primary amides is 1. The third-order valence-corrected chi connectivity index (χ3v) is 4.71. The fourth-order valence-electron chi connectivity index (χ4n) is 2.13. The summed E-state index contributed by atoms with van der Waals surface area (Å²) in [5.74, 6) is -0.0785. The molecule has 0 atom stereocenters. The molecule has 0 spiro atoms. The number of rotatable bonds is 7. The van der Waals surface area contributed by atoms with Gasteiger partial charge in [0.15, 0.2) is 5.13 Å². The standard InChI is InChI=1S/C16H19BrN4O2S/c1-10-14(11-5-7-12(17)8-6-11)21-16(24-10)20-13(22)4-2-3-9-19-15(18)23/h5-8H,2-4,9H2,1H3,(H3,18,19,23)(H,20,21,22). The van der Waals surface area contributed by atoms with Crippen molar-refractivity contribution in [1.29, 1.82) is 0 Å². The van der Waals surface area contributed by atoms with E-state index in [-0.39, 0.29) is 5.91 Å². The largest absolute Gasteiger partial charge is 0.352 e. The fraction of sp³-hybridized carbons (Fsp3) is 0.312. The smallest absolute Gasteiger partial charge is 0.312 e. The van der Waals surface area contributed by atoms with Crippen LogP contribution in [-0.2, 0) is 4.79 Å². The van der Waals surface area contributed by atoms with Crippen LogP contribution in [-0.4, -0.2) is 23.5 Å². The van der Waals surface area contributed by atoms with Crippen LogP contribution in [0.25, 0.3) is 11.3 Å². The third kappa shape index (κ3) is 5.61. The summed E-state index contributed by atoms with van der Waals surface area (Å²) >= 11 is 4.87. The highest BCUT2D eigenvalue weighted by molar-refractivity contribution is 9.10. The Labute approximate surface area is 153 Å². The van der Waals surface area contributed by atoms with Gasteiger partial charge in [0.05, 0.1) is 5.69 Å². The topological polar surface area (TPSA) is 97.1 Å². The lowest BCUT2D eigenvalue weighted by atomic mass is 10.1. The van der Waals surface area contributed by atoms with Crippen LogP contribution in [0.5, 0.6) is 0 Å². The van der Waals surface area contributed by atoms with Gasteiger partial charge in [-0.25, -0.2) is 9.78 Å². The average molecular weight is 411 g/mol. The molecule has 8 heteroatoms. The first-order valence-electron chi connectivity index (χ1n) is 7.52. The van der Waals surface area contributed by atoms with E-state index in [4.69, 9.17) is 5.73 Å². The number of urea groups is 1. The molecule has 0 saturated carbocycles. The molecule has 0 fully saturated rings. The van der Waals surface area contributed by atoms with Crippen LogP contribution < -0.4 is 16.4 Å². The molecule has 0 unspecified atom stereocenters. The Kier molecular flexibility index (Phi) is 6.74. The maximum absolute atomic E-state index is 11.9. The Hall–Kier alpha value is -1.93. The zero-order valence-electron chi connectivity index (χ0n) is 13.3. The van der Waals surface area contributed by atoms with E-state index in [2.05, 4.69) is 31.5 Å². The molecule has 1 heterocycles. The maximum atomic E-state index is 11.9. The molecular weight excluding hydrogens is 392 g/mol. The second-order valence-electron chi connectivity index (χ2n) is 5.23. The Bertz CT molecular complexity index is 715. The summed E-state index contributed by atoms with van der Waals surface area (Å²) in [6.45, 7) is 2.47. The highest BCUT2D eigenvalue weighted by Crippen LogP contribution is 2.31. The lowest BCUT2D eigenvalue weighted by Gasteiger charge is -2.02. The van der Waals surface area contributed by atoms with Crippen molar-refractivity contribution in [3.8, 4) is 11.3 Å². The summed E-state index contributed by atoms with van der Waals surface area (Å²) in [7, 11) is 0. The van der Waals surface area contributed by atoms with Crippen LogP contribution >= 0.6 is 27.3 Å². The number of hydrogen-bond acceptors (Lipinski definition) is 4. The van der Waals surface area contributed by atoms with Gasteiger partial charge in [-0.2, -0.15) is 0 Å². The van der Waals surface area contributed by atoms with Crippen molar-refractivity contribution < 1.29 is 9.59 Å². The summed E-state index contributed by atoms with van der Waals surface area (Å²) in [6.07, 6.45) is 1.76. The monoisotopic (exact) mass is 410 g/mol. The number of amides is 3. The minimum absolute atomic E-state index is 0.0785. The van der Waals surface area contributed by atoms with E-state index < -0.39 is 6.03 Å². The fourth-order valence-corrected chi connectivity index (χ4v) is 3.25. The molecule has 1 aromatic heterocycles. The summed E-state index contributed by atoms with van der Waals surface area (Å²) < 4.78 is 1.01. The third-order valence-electron chi connectivity index (χ3n) is 3.29. The second-order valence-corrected chi connectivity index (χ2v) is 7.35. The van der Waals surface area contributed by atoms with Gasteiger partial charge in [0, 0.05) is 27.9 Å². The molecule has 6 nitrogen and oxygen atoms in total. The molecule has 4 N–H and O–H groups in total. The minimum Gasteiger partial charge on any atom is -0.352 e. The van der Waals surface area contributed by atoms with Gasteiger partial charge in [0.2, 0.25) is 5.91 Å². The van der Waals surface area contributed by atoms with Gasteiger partial charge in [0.1, 0.15) is 0 Å². The molecule has 0 bridgehead atoms. The highest BCUT2D eigenvalue weighted by atomic mass is 79.9. The number of anilines is 1. The number of carbonyl (C=O) groups excluding carboxylic acids is 2. The summed E-state index contributed by atoms with van der Waals surface area (Å²) in [5.41, 5.74) is 6.87. The van der Waals surface area contributed by atoms with Crippen molar-refractivity contribution in [3.63, 3.8) is 0 Å². The first-order valence-corrected chi connectivity index (χ1v) is 9.13. The Balaban J connectivity index is 1.87. The number of carbonyl (C=O) groups is 2. The van der Waals surface area contributed by atoms with Crippen LogP contribution in [0.1, 0.15) is 24.1 Å². The van der Waals surface area contributed by atoms with E-state index in [0.717, 1.165) is 20.6 Å². The predicted octanol–water partition coefficient (Wildman–Crippen LogP) is 3.66. The molecular formula is C16H19BrN4O2S. The van der Waals surface area contributed by atoms with Crippen LogP contribution in [0.15, 0.2) is 28.7 Å². The van der Waals surface area contributed by atoms with Gasteiger partial charge in [-0.15, -0.1) is 11.3 Å². The number of aromatic nitrogens is 1. The van der Waals surface area contributed by atoms with Gasteiger partial charge in [-0.1, -0.05) is 28.1 Å². The zero-order valence-corrected chi connectivity index (χ0v) is 15.7. The quantitative estimate of drug-likeness (QED) is 0.607. The highest BCUT2D eigenvalue weighted by Gasteiger charge is 2.12. The summed E-state index contributed by atoms with van der Waals surface area (Å²) in [6, 6.07) is 7.37. The van der Waals surface area contributed by atoms with Crippen LogP contribution in [0.3, 0.4) is 0 Å². The van der Waals surface area contributed by atoms with Gasteiger partial charge in [-0.3, -0.25) is 4.79 Å². The van der Waals surface area contributed by atoms with E-state index >= 15 is 0 Å².